The van der Waals surface area contributed by atoms with E-state index in [-0.39, 0.29) is 41.9 Å². The highest BCUT2D eigenvalue weighted by Gasteiger charge is 2.45. The average Bonchev–Trinajstić information content (AvgIpc) is 2.66. The second-order valence-corrected chi connectivity index (χ2v) is 7.70. The lowest BCUT2D eigenvalue weighted by Gasteiger charge is -2.50. The Morgan fingerprint density at radius 3 is 2.96 bits per heavy atom. The highest BCUT2D eigenvalue weighted by Crippen LogP contribution is 2.38. The van der Waals surface area contributed by atoms with Gasteiger partial charge in [-0.15, -0.1) is 12.4 Å². The average molecular weight is 413 g/mol. The van der Waals surface area contributed by atoms with Gasteiger partial charge in [-0.2, -0.15) is 0 Å². The maximum absolute atomic E-state index is 13.0. The van der Waals surface area contributed by atoms with Gasteiger partial charge in [0.1, 0.15) is 11.1 Å². The van der Waals surface area contributed by atoms with Crippen LogP contribution in [0.4, 0.5) is 0 Å². The number of fused-ring (bicyclic) bond motifs is 2. The smallest absolute Gasteiger partial charge is 0.349 e. The zero-order chi connectivity index (χ0) is 18.3. The predicted molar refractivity (Wildman–Crippen MR) is 106 cm³/mol. The fourth-order valence-corrected chi connectivity index (χ4v) is 4.38. The van der Waals surface area contributed by atoms with Crippen molar-refractivity contribution in [1.82, 2.24) is 10.2 Å². The first-order chi connectivity index (χ1) is 12.5. The number of likely N-dealkylation sites (tertiary alicyclic amines) is 1. The summed E-state index contributed by atoms with van der Waals surface area (Å²) in [6.45, 7) is 1.99. The maximum atomic E-state index is 13.0. The van der Waals surface area contributed by atoms with Crippen molar-refractivity contribution in [3.05, 3.63) is 45.3 Å². The second kappa shape index (κ2) is 7.80. The van der Waals surface area contributed by atoms with Crippen LogP contribution in [0.1, 0.15) is 29.6 Å². The lowest BCUT2D eigenvalue weighted by Crippen LogP contribution is -2.62. The Hall–Kier alpha value is -1.60. The third kappa shape index (κ3) is 3.59. The van der Waals surface area contributed by atoms with Crippen LogP contribution in [-0.4, -0.2) is 48.2 Å². The first kappa shape index (κ1) is 20.1. The molecule has 1 aromatic carbocycles. The standard InChI is InChI=1S/C19H21ClN2O4.ClH/c20-13-2-3-15-12(8-13)9-14(18(25)26-15)17(24)22-7-5-19(11-23)4-1-6-21-16(19)10-22;/h2-3,8-9,16,21,23H,1,4-7,10-11H2;1H/t16-,19-;/m1./s1. The summed E-state index contributed by atoms with van der Waals surface area (Å²) < 4.78 is 5.29. The fourth-order valence-electron chi connectivity index (χ4n) is 4.20. The molecular weight excluding hydrogens is 391 g/mol. The van der Waals surface area contributed by atoms with E-state index in [2.05, 4.69) is 5.32 Å². The van der Waals surface area contributed by atoms with Gasteiger partial charge in [0.15, 0.2) is 0 Å². The Balaban J connectivity index is 0.00000210. The summed E-state index contributed by atoms with van der Waals surface area (Å²) in [6, 6.07) is 6.53. The minimum atomic E-state index is -0.638. The summed E-state index contributed by atoms with van der Waals surface area (Å²) in [4.78, 5) is 26.9. The van der Waals surface area contributed by atoms with Crippen LogP contribution < -0.4 is 10.9 Å². The number of nitrogens with one attached hydrogen (secondary N) is 1. The van der Waals surface area contributed by atoms with Crippen LogP contribution in [0.2, 0.25) is 5.02 Å². The van der Waals surface area contributed by atoms with Gasteiger partial charge in [0.2, 0.25) is 0 Å². The molecule has 0 unspecified atom stereocenters. The predicted octanol–water partition coefficient (Wildman–Crippen LogP) is 2.44. The van der Waals surface area contributed by atoms with Crippen molar-refractivity contribution < 1.29 is 14.3 Å². The number of hydrogen-bond donors (Lipinski definition) is 2. The van der Waals surface area contributed by atoms with E-state index < -0.39 is 5.63 Å². The summed E-state index contributed by atoms with van der Waals surface area (Å²) >= 11 is 6.00. The second-order valence-electron chi connectivity index (χ2n) is 7.26. The topological polar surface area (TPSA) is 82.8 Å². The van der Waals surface area contributed by atoms with Gasteiger partial charge in [0.25, 0.3) is 5.91 Å². The SMILES string of the molecule is Cl.O=C(c1cc2cc(Cl)ccc2oc1=O)N1CC[C@@]2(CO)CCCN[C@@H]2C1. The molecule has 0 spiro atoms. The molecule has 2 fully saturated rings. The lowest BCUT2D eigenvalue weighted by molar-refractivity contribution is -0.00893. The number of nitrogens with zero attached hydrogens (tertiary/aromatic N) is 1. The monoisotopic (exact) mass is 412 g/mol. The molecule has 0 bridgehead atoms. The van der Waals surface area contributed by atoms with Crippen LogP contribution >= 0.6 is 24.0 Å². The van der Waals surface area contributed by atoms with Crippen molar-refractivity contribution in [3.8, 4) is 0 Å². The fraction of sp³-hybridized carbons (Fsp3) is 0.474. The molecule has 0 radical (unpaired) electrons. The normalized spacial score (nSPS) is 25.0. The van der Waals surface area contributed by atoms with Gasteiger partial charge in [0, 0.05) is 35.0 Å². The number of rotatable bonds is 2. The van der Waals surface area contributed by atoms with Crippen molar-refractivity contribution in [3.63, 3.8) is 0 Å². The zero-order valence-corrected chi connectivity index (χ0v) is 16.3. The molecule has 8 heteroatoms. The first-order valence-corrected chi connectivity index (χ1v) is 9.27. The molecule has 6 nitrogen and oxygen atoms in total. The van der Waals surface area contributed by atoms with Gasteiger partial charge < -0.3 is 19.7 Å². The van der Waals surface area contributed by atoms with E-state index >= 15 is 0 Å². The van der Waals surface area contributed by atoms with E-state index in [4.69, 9.17) is 16.0 Å². The molecule has 2 aliphatic heterocycles. The van der Waals surface area contributed by atoms with Crippen LogP contribution in [0, 0.1) is 5.41 Å². The molecule has 2 aromatic rings. The van der Waals surface area contributed by atoms with E-state index in [0.29, 0.717) is 29.1 Å². The Morgan fingerprint density at radius 1 is 1.37 bits per heavy atom. The molecule has 3 heterocycles. The Kier molecular flexibility index (Phi) is 5.82. The number of hydrogen-bond acceptors (Lipinski definition) is 5. The highest BCUT2D eigenvalue weighted by molar-refractivity contribution is 6.31. The number of benzene rings is 1. The summed E-state index contributed by atoms with van der Waals surface area (Å²) in [6.07, 6.45) is 2.71. The number of aliphatic hydroxyl groups is 1. The first-order valence-electron chi connectivity index (χ1n) is 8.89. The van der Waals surface area contributed by atoms with Crippen LogP contribution in [0.15, 0.2) is 33.5 Å². The number of halogens is 2. The number of carbonyl (C=O) groups is 1. The number of aliphatic hydroxyl groups excluding tert-OH is 1. The van der Waals surface area contributed by atoms with Gasteiger partial charge in [-0.25, -0.2) is 4.79 Å². The number of carbonyl (C=O) groups excluding carboxylic acids is 1. The number of piperidine rings is 2. The quantitative estimate of drug-likeness (QED) is 0.740. The van der Waals surface area contributed by atoms with Gasteiger partial charge in [-0.05, 0) is 50.1 Å². The maximum Gasteiger partial charge on any atom is 0.349 e. The molecule has 2 aliphatic rings. The summed E-state index contributed by atoms with van der Waals surface area (Å²) in [7, 11) is 0. The molecule has 2 saturated heterocycles. The highest BCUT2D eigenvalue weighted by atomic mass is 35.5. The third-order valence-electron chi connectivity index (χ3n) is 5.79. The number of amides is 1. The van der Waals surface area contributed by atoms with Crippen molar-refractivity contribution >= 4 is 40.9 Å². The Labute approximate surface area is 167 Å². The molecular formula is C19H22Cl2N2O4. The van der Waals surface area contributed by atoms with E-state index in [1.165, 1.54) is 0 Å². The molecule has 0 saturated carbocycles. The molecule has 2 N–H and O–H groups in total. The summed E-state index contributed by atoms with van der Waals surface area (Å²) in [5, 5.41) is 14.5. The van der Waals surface area contributed by atoms with E-state index in [0.717, 1.165) is 25.8 Å². The third-order valence-corrected chi connectivity index (χ3v) is 6.03. The molecule has 146 valence electrons. The van der Waals surface area contributed by atoms with Crippen molar-refractivity contribution in [1.29, 1.82) is 0 Å². The van der Waals surface area contributed by atoms with Crippen LogP contribution in [-0.2, 0) is 0 Å². The minimum Gasteiger partial charge on any atom is -0.422 e. The van der Waals surface area contributed by atoms with Crippen LogP contribution in [0.25, 0.3) is 11.0 Å². The van der Waals surface area contributed by atoms with Gasteiger partial charge >= 0.3 is 5.63 Å². The minimum absolute atomic E-state index is 0. The van der Waals surface area contributed by atoms with Gasteiger partial charge in [-0.3, -0.25) is 4.79 Å². The molecule has 4 rings (SSSR count). The largest absolute Gasteiger partial charge is 0.422 e. The Morgan fingerprint density at radius 2 is 2.19 bits per heavy atom. The van der Waals surface area contributed by atoms with Crippen molar-refractivity contribution in [2.75, 3.05) is 26.2 Å². The van der Waals surface area contributed by atoms with Gasteiger partial charge in [0.05, 0.1) is 6.61 Å². The molecule has 0 aliphatic carbocycles. The Bertz CT molecular complexity index is 916. The molecule has 27 heavy (non-hydrogen) atoms. The zero-order valence-electron chi connectivity index (χ0n) is 14.7. The summed E-state index contributed by atoms with van der Waals surface area (Å²) in [5.41, 5.74) is -0.383. The van der Waals surface area contributed by atoms with E-state index in [1.54, 1.807) is 29.2 Å². The van der Waals surface area contributed by atoms with E-state index in [9.17, 15) is 14.7 Å². The van der Waals surface area contributed by atoms with Gasteiger partial charge in [-0.1, -0.05) is 11.6 Å². The molecule has 1 amide bonds. The molecule has 2 atom stereocenters. The lowest BCUT2D eigenvalue weighted by atomic mass is 9.70. The molecule has 1 aromatic heterocycles. The van der Waals surface area contributed by atoms with E-state index in [1.807, 2.05) is 0 Å². The van der Waals surface area contributed by atoms with Crippen molar-refractivity contribution in [2.24, 2.45) is 5.41 Å². The van der Waals surface area contributed by atoms with Crippen LogP contribution in [0.5, 0.6) is 0 Å². The van der Waals surface area contributed by atoms with Crippen LogP contribution in [0.3, 0.4) is 0 Å². The summed E-state index contributed by atoms with van der Waals surface area (Å²) in [5.74, 6) is -0.334. The van der Waals surface area contributed by atoms with Crippen molar-refractivity contribution in [2.45, 2.75) is 25.3 Å².